The van der Waals surface area contributed by atoms with E-state index in [-0.39, 0.29) is 5.91 Å². The van der Waals surface area contributed by atoms with Gasteiger partial charge in [0.1, 0.15) is 11.8 Å². The molecule has 30 heavy (non-hydrogen) atoms. The zero-order valence-corrected chi connectivity index (χ0v) is 19.6. The van der Waals surface area contributed by atoms with E-state index >= 15 is 0 Å². The minimum absolute atomic E-state index is 0.328. The molecule has 8 heteroatoms. The molecule has 0 unspecified atom stereocenters. The Labute approximate surface area is 184 Å². The van der Waals surface area contributed by atoms with Crippen LogP contribution in [0.1, 0.15) is 25.0 Å². The van der Waals surface area contributed by atoms with Crippen LogP contribution < -0.4 is 14.4 Å². The highest BCUT2D eigenvalue weighted by Gasteiger charge is 2.28. The Morgan fingerprint density at radius 2 is 1.90 bits per heavy atom. The summed E-state index contributed by atoms with van der Waals surface area (Å²) >= 11 is 1.72. The van der Waals surface area contributed by atoms with Crippen LogP contribution in [-0.4, -0.2) is 45.5 Å². The van der Waals surface area contributed by atoms with E-state index < -0.39 is 16.1 Å². The lowest BCUT2D eigenvalue weighted by molar-refractivity contribution is -0.121. The fraction of sp³-hybridized carbons (Fsp3) is 0.409. The molecule has 2 rings (SSSR count). The van der Waals surface area contributed by atoms with E-state index in [0.717, 1.165) is 22.1 Å². The smallest absolute Gasteiger partial charge is 0.243 e. The van der Waals surface area contributed by atoms with E-state index in [1.165, 1.54) is 11.1 Å². The van der Waals surface area contributed by atoms with E-state index in [1.807, 2.05) is 13.0 Å². The zero-order valence-electron chi connectivity index (χ0n) is 17.9. The first-order valence-electron chi connectivity index (χ1n) is 9.85. The molecule has 2 aromatic carbocycles. The molecule has 164 valence electrons. The number of aryl methyl sites for hydroxylation is 1. The summed E-state index contributed by atoms with van der Waals surface area (Å²) in [6, 6.07) is 14.2. The summed E-state index contributed by atoms with van der Waals surface area (Å²) < 4.78 is 31.3. The minimum Gasteiger partial charge on any atom is -0.494 e. The summed E-state index contributed by atoms with van der Waals surface area (Å²) in [5, 5.41) is 2.84. The standard InChI is InChI=1S/C22H30N2O4S2/c1-5-28-21-11-9-20(10-12-21)24(30(4,26)27)18(3)22(25)23-13-14-29-16-19-8-6-7-17(2)15-19/h6-12,15,18H,5,13-14,16H2,1-4H3,(H,23,25)/t18-/m1/s1. The molecule has 2 aromatic rings. The molecule has 0 heterocycles. The van der Waals surface area contributed by atoms with Gasteiger partial charge in [-0.15, -0.1) is 0 Å². The molecule has 1 amide bonds. The number of anilines is 1. The highest BCUT2D eigenvalue weighted by atomic mass is 32.2. The Kier molecular flexibility index (Phi) is 9.05. The Bertz CT molecular complexity index is 930. The third-order valence-electron chi connectivity index (χ3n) is 4.39. The predicted octanol–water partition coefficient (Wildman–Crippen LogP) is 3.60. The van der Waals surface area contributed by atoms with Gasteiger partial charge in [-0.3, -0.25) is 9.10 Å². The van der Waals surface area contributed by atoms with Gasteiger partial charge in [-0.25, -0.2) is 8.42 Å². The maximum atomic E-state index is 12.6. The maximum absolute atomic E-state index is 12.6. The summed E-state index contributed by atoms with van der Waals surface area (Å²) in [6.45, 7) is 6.53. The predicted molar refractivity (Wildman–Crippen MR) is 125 cm³/mol. The molecule has 0 aliphatic heterocycles. The number of ether oxygens (including phenoxy) is 1. The molecule has 0 fully saturated rings. The van der Waals surface area contributed by atoms with Crippen LogP contribution in [0.2, 0.25) is 0 Å². The van der Waals surface area contributed by atoms with Gasteiger partial charge < -0.3 is 10.1 Å². The van der Waals surface area contributed by atoms with Crippen LogP contribution in [0.25, 0.3) is 0 Å². The quantitative estimate of drug-likeness (QED) is 0.530. The zero-order chi connectivity index (χ0) is 22.1. The molecule has 0 radical (unpaired) electrons. The average molecular weight is 451 g/mol. The van der Waals surface area contributed by atoms with Gasteiger partial charge in [0.2, 0.25) is 15.9 Å². The van der Waals surface area contributed by atoms with Gasteiger partial charge in [-0.05, 0) is 50.6 Å². The van der Waals surface area contributed by atoms with Crippen LogP contribution in [0.4, 0.5) is 5.69 Å². The van der Waals surface area contributed by atoms with Crippen molar-refractivity contribution in [1.29, 1.82) is 0 Å². The molecule has 1 atom stereocenters. The number of thioether (sulfide) groups is 1. The Morgan fingerprint density at radius 3 is 2.50 bits per heavy atom. The lowest BCUT2D eigenvalue weighted by Gasteiger charge is -2.28. The third-order valence-corrected chi connectivity index (χ3v) is 6.66. The Morgan fingerprint density at radius 1 is 1.20 bits per heavy atom. The maximum Gasteiger partial charge on any atom is 0.243 e. The molecular formula is C22H30N2O4S2. The fourth-order valence-corrected chi connectivity index (χ4v) is 5.03. The van der Waals surface area contributed by atoms with Gasteiger partial charge in [-0.1, -0.05) is 29.8 Å². The Hall–Kier alpha value is -2.19. The van der Waals surface area contributed by atoms with E-state index in [4.69, 9.17) is 4.74 Å². The SMILES string of the molecule is CCOc1ccc(N([C@H](C)C(=O)NCCSCc2cccc(C)c2)S(C)(=O)=O)cc1. The fourth-order valence-electron chi connectivity index (χ4n) is 3.05. The first-order chi connectivity index (χ1) is 14.2. The van der Waals surface area contributed by atoms with Crippen LogP contribution in [0.15, 0.2) is 48.5 Å². The molecule has 0 aromatic heterocycles. The number of sulfonamides is 1. The van der Waals surface area contributed by atoms with Crippen molar-refractivity contribution < 1.29 is 17.9 Å². The number of hydrogen-bond donors (Lipinski definition) is 1. The molecule has 0 saturated carbocycles. The second-order valence-electron chi connectivity index (χ2n) is 6.99. The van der Waals surface area contributed by atoms with E-state index in [2.05, 4.69) is 30.4 Å². The van der Waals surface area contributed by atoms with Gasteiger partial charge in [0.25, 0.3) is 0 Å². The normalized spacial score (nSPS) is 12.3. The van der Waals surface area contributed by atoms with Crippen LogP contribution in [0, 0.1) is 6.92 Å². The number of carbonyl (C=O) groups excluding carboxylic acids is 1. The highest BCUT2D eigenvalue weighted by molar-refractivity contribution is 7.98. The first kappa shape index (κ1) is 24.1. The largest absolute Gasteiger partial charge is 0.494 e. The highest BCUT2D eigenvalue weighted by Crippen LogP contribution is 2.24. The summed E-state index contributed by atoms with van der Waals surface area (Å²) in [5.41, 5.74) is 2.90. The van der Waals surface area contributed by atoms with Crippen LogP contribution >= 0.6 is 11.8 Å². The number of rotatable bonds is 11. The summed E-state index contributed by atoms with van der Waals surface area (Å²) in [6.07, 6.45) is 1.10. The van der Waals surface area contributed by atoms with E-state index in [0.29, 0.717) is 24.6 Å². The van der Waals surface area contributed by atoms with Crippen molar-refractivity contribution in [3.05, 3.63) is 59.7 Å². The van der Waals surface area contributed by atoms with Crippen molar-refractivity contribution in [1.82, 2.24) is 5.32 Å². The van der Waals surface area contributed by atoms with Crippen molar-refractivity contribution in [3.63, 3.8) is 0 Å². The molecule has 0 bridgehead atoms. The van der Waals surface area contributed by atoms with Gasteiger partial charge in [0, 0.05) is 18.1 Å². The number of amides is 1. The summed E-state index contributed by atoms with van der Waals surface area (Å²) in [7, 11) is -3.64. The monoisotopic (exact) mass is 450 g/mol. The van der Waals surface area contributed by atoms with Gasteiger partial charge >= 0.3 is 0 Å². The lowest BCUT2D eigenvalue weighted by Crippen LogP contribution is -2.48. The average Bonchev–Trinajstić information content (AvgIpc) is 2.68. The number of nitrogens with one attached hydrogen (secondary N) is 1. The summed E-state index contributed by atoms with van der Waals surface area (Å²) in [5.74, 6) is 1.94. The van der Waals surface area contributed by atoms with Crippen molar-refractivity contribution in [2.24, 2.45) is 0 Å². The van der Waals surface area contributed by atoms with Crippen molar-refractivity contribution in [3.8, 4) is 5.75 Å². The van der Waals surface area contributed by atoms with Crippen LogP contribution in [-0.2, 0) is 20.6 Å². The van der Waals surface area contributed by atoms with Crippen molar-refractivity contribution in [2.45, 2.75) is 32.6 Å². The number of nitrogens with zero attached hydrogens (tertiary/aromatic N) is 1. The second kappa shape index (κ2) is 11.3. The van der Waals surface area contributed by atoms with Gasteiger partial charge in [0.05, 0.1) is 18.6 Å². The van der Waals surface area contributed by atoms with Crippen molar-refractivity contribution >= 4 is 33.4 Å². The molecule has 0 saturated heterocycles. The van der Waals surface area contributed by atoms with E-state index in [1.54, 1.807) is 43.0 Å². The third kappa shape index (κ3) is 7.25. The van der Waals surface area contributed by atoms with Crippen LogP contribution in [0.5, 0.6) is 5.75 Å². The number of carbonyl (C=O) groups is 1. The molecule has 0 aliphatic carbocycles. The number of benzene rings is 2. The topological polar surface area (TPSA) is 75.7 Å². The Balaban J connectivity index is 1.92. The molecule has 1 N–H and O–H groups in total. The van der Waals surface area contributed by atoms with Gasteiger partial charge in [-0.2, -0.15) is 11.8 Å². The lowest BCUT2D eigenvalue weighted by atomic mass is 10.2. The molecule has 0 spiro atoms. The molecule has 6 nitrogen and oxygen atoms in total. The first-order valence-corrected chi connectivity index (χ1v) is 12.9. The summed E-state index contributed by atoms with van der Waals surface area (Å²) in [4.78, 5) is 12.6. The van der Waals surface area contributed by atoms with Gasteiger partial charge in [0.15, 0.2) is 0 Å². The van der Waals surface area contributed by atoms with Crippen LogP contribution in [0.3, 0.4) is 0 Å². The van der Waals surface area contributed by atoms with E-state index in [9.17, 15) is 13.2 Å². The number of hydrogen-bond acceptors (Lipinski definition) is 5. The molecule has 0 aliphatic rings. The minimum atomic E-state index is -3.64. The van der Waals surface area contributed by atoms with Crippen molar-refractivity contribution in [2.75, 3.05) is 29.5 Å². The molecular weight excluding hydrogens is 420 g/mol. The second-order valence-corrected chi connectivity index (χ2v) is 9.96.